The number of hydrogen-bond donors (Lipinski definition) is 0. The highest BCUT2D eigenvalue weighted by atomic mass is 16.6. The summed E-state index contributed by atoms with van der Waals surface area (Å²) in [6.07, 6.45) is 3.76. The highest BCUT2D eigenvalue weighted by Crippen LogP contribution is 2.54. The lowest BCUT2D eigenvalue weighted by Gasteiger charge is -2.37. The second kappa shape index (κ2) is 7.14. The molecule has 0 saturated carbocycles. The Balaban J connectivity index is 2.60. The molecule has 2 aliphatic rings. The predicted molar refractivity (Wildman–Crippen MR) is 95.4 cm³/mol. The van der Waals surface area contributed by atoms with Crippen LogP contribution in [0.3, 0.4) is 0 Å². The monoisotopic (exact) mass is 366 g/mol. The number of hydrogen-bond acceptors (Lipinski definition) is 6. The predicted octanol–water partition coefficient (Wildman–Crippen LogP) is 3.12. The Labute approximate surface area is 155 Å². The third kappa shape index (κ3) is 3.43. The summed E-state index contributed by atoms with van der Waals surface area (Å²) in [5, 5.41) is 0. The minimum Gasteiger partial charge on any atom is -0.465 e. The zero-order valence-electron chi connectivity index (χ0n) is 16.6. The van der Waals surface area contributed by atoms with E-state index in [0.29, 0.717) is 18.4 Å². The van der Waals surface area contributed by atoms with Gasteiger partial charge in [-0.2, -0.15) is 0 Å². The van der Waals surface area contributed by atoms with Gasteiger partial charge in [-0.05, 0) is 53.0 Å². The highest BCUT2D eigenvalue weighted by Gasteiger charge is 2.70. The van der Waals surface area contributed by atoms with Gasteiger partial charge in [0.25, 0.3) is 0 Å². The van der Waals surface area contributed by atoms with Gasteiger partial charge in [-0.1, -0.05) is 19.4 Å². The van der Waals surface area contributed by atoms with E-state index in [4.69, 9.17) is 14.2 Å². The van der Waals surface area contributed by atoms with E-state index in [-0.39, 0.29) is 18.8 Å². The first kappa shape index (κ1) is 20.6. The summed E-state index contributed by atoms with van der Waals surface area (Å²) in [5.74, 6) is -2.33. The maximum absolute atomic E-state index is 13.1. The molecule has 0 N–H and O–H groups in total. The standard InChI is InChI=1S/C20H30O6/c1-7-9-10-13-15(16(22)24-8-2)19(6)12-11-14(21)20(13,26-19)17(23)25-18(3,4)5/h10,15H,7-9,11-12H2,1-6H3/b13-10+/t15-,19+,20+/m1/s1. The van der Waals surface area contributed by atoms with Crippen LogP contribution < -0.4 is 0 Å². The van der Waals surface area contributed by atoms with E-state index in [1.807, 2.05) is 6.92 Å². The van der Waals surface area contributed by atoms with Crippen molar-refractivity contribution in [3.8, 4) is 0 Å². The van der Waals surface area contributed by atoms with E-state index in [1.54, 1.807) is 40.7 Å². The number of esters is 2. The molecule has 0 aliphatic carbocycles. The zero-order valence-corrected chi connectivity index (χ0v) is 16.6. The maximum Gasteiger partial charge on any atom is 0.351 e. The van der Waals surface area contributed by atoms with E-state index >= 15 is 0 Å². The van der Waals surface area contributed by atoms with E-state index in [0.717, 1.165) is 6.42 Å². The second-order valence-electron chi connectivity index (χ2n) is 8.15. The lowest BCUT2D eigenvalue weighted by molar-refractivity contribution is -0.198. The fraction of sp³-hybridized carbons (Fsp3) is 0.750. The number of carbonyl (C=O) groups is 3. The molecule has 146 valence electrons. The summed E-state index contributed by atoms with van der Waals surface area (Å²) in [7, 11) is 0. The molecule has 0 unspecified atom stereocenters. The molecule has 0 aromatic rings. The van der Waals surface area contributed by atoms with Gasteiger partial charge in [0.2, 0.25) is 5.60 Å². The molecule has 6 heteroatoms. The lowest BCUT2D eigenvalue weighted by Crippen LogP contribution is -2.54. The lowest BCUT2D eigenvalue weighted by atomic mass is 9.80. The van der Waals surface area contributed by atoms with Crippen LogP contribution in [0.25, 0.3) is 0 Å². The molecule has 2 saturated heterocycles. The van der Waals surface area contributed by atoms with Crippen molar-refractivity contribution in [2.24, 2.45) is 5.92 Å². The molecule has 26 heavy (non-hydrogen) atoms. The topological polar surface area (TPSA) is 78.9 Å². The van der Waals surface area contributed by atoms with Crippen LogP contribution in [0.1, 0.15) is 67.2 Å². The number of ketones is 1. The van der Waals surface area contributed by atoms with Crippen molar-refractivity contribution in [1.29, 1.82) is 0 Å². The number of Topliss-reactive ketones (excluding diaryl/α,β-unsaturated/α-hetero) is 1. The molecule has 2 aliphatic heterocycles. The number of unbranched alkanes of at least 4 members (excludes halogenated alkanes) is 1. The molecule has 0 amide bonds. The van der Waals surface area contributed by atoms with E-state index in [9.17, 15) is 14.4 Å². The molecule has 0 aromatic heterocycles. The SMILES string of the molecule is CCC/C=C1\[C@H](C(=O)OCC)[C@]2(C)CCC(=O)[C@@]1(C(=O)OC(C)(C)C)O2. The summed E-state index contributed by atoms with van der Waals surface area (Å²) >= 11 is 0. The number of rotatable bonds is 5. The Hall–Kier alpha value is -1.69. The van der Waals surface area contributed by atoms with Gasteiger partial charge < -0.3 is 14.2 Å². The van der Waals surface area contributed by atoms with Gasteiger partial charge in [0, 0.05) is 6.42 Å². The molecule has 2 bridgehead atoms. The Morgan fingerprint density at radius 3 is 2.50 bits per heavy atom. The van der Waals surface area contributed by atoms with Gasteiger partial charge in [-0.15, -0.1) is 0 Å². The van der Waals surface area contributed by atoms with Crippen molar-refractivity contribution >= 4 is 17.7 Å². The van der Waals surface area contributed by atoms with Crippen molar-refractivity contribution in [3.05, 3.63) is 11.6 Å². The van der Waals surface area contributed by atoms with Crippen LogP contribution in [0.2, 0.25) is 0 Å². The molecule has 2 rings (SSSR count). The summed E-state index contributed by atoms with van der Waals surface area (Å²) in [6, 6.07) is 0. The van der Waals surface area contributed by atoms with Crippen LogP contribution in [-0.4, -0.2) is 41.1 Å². The van der Waals surface area contributed by atoms with Gasteiger partial charge in [0.15, 0.2) is 5.78 Å². The Kier molecular flexibility index (Phi) is 5.66. The van der Waals surface area contributed by atoms with Crippen molar-refractivity contribution in [3.63, 3.8) is 0 Å². The molecule has 0 radical (unpaired) electrons. The smallest absolute Gasteiger partial charge is 0.351 e. The highest BCUT2D eigenvalue weighted by molar-refractivity contribution is 6.13. The van der Waals surface area contributed by atoms with Crippen molar-refractivity contribution in [2.45, 2.75) is 84.0 Å². The molecular weight excluding hydrogens is 336 g/mol. The average molecular weight is 366 g/mol. The molecule has 2 fully saturated rings. The van der Waals surface area contributed by atoms with Crippen LogP contribution in [0.15, 0.2) is 11.6 Å². The summed E-state index contributed by atoms with van der Waals surface area (Å²) in [4.78, 5) is 38.7. The first-order chi connectivity index (χ1) is 12.0. The van der Waals surface area contributed by atoms with Crippen molar-refractivity contribution < 1.29 is 28.6 Å². The van der Waals surface area contributed by atoms with E-state index < -0.39 is 34.7 Å². The first-order valence-electron chi connectivity index (χ1n) is 9.36. The van der Waals surface area contributed by atoms with Gasteiger partial charge in [-0.3, -0.25) is 9.59 Å². The largest absolute Gasteiger partial charge is 0.465 e. The van der Waals surface area contributed by atoms with Gasteiger partial charge in [0.1, 0.15) is 11.5 Å². The van der Waals surface area contributed by atoms with Crippen LogP contribution in [0.4, 0.5) is 0 Å². The minimum atomic E-state index is -1.84. The Morgan fingerprint density at radius 1 is 1.31 bits per heavy atom. The van der Waals surface area contributed by atoms with Gasteiger partial charge in [-0.25, -0.2) is 4.79 Å². The average Bonchev–Trinajstić information content (AvgIpc) is 2.74. The van der Waals surface area contributed by atoms with Crippen LogP contribution in [0.5, 0.6) is 0 Å². The Morgan fingerprint density at radius 2 is 1.96 bits per heavy atom. The molecule has 0 spiro atoms. The van der Waals surface area contributed by atoms with Crippen molar-refractivity contribution in [1.82, 2.24) is 0 Å². The van der Waals surface area contributed by atoms with Gasteiger partial charge in [0.05, 0.1) is 12.2 Å². The van der Waals surface area contributed by atoms with Crippen LogP contribution >= 0.6 is 0 Å². The number of ether oxygens (including phenoxy) is 3. The van der Waals surface area contributed by atoms with Crippen LogP contribution in [-0.2, 0) is 28.6 Å². The van der Waals surface area contributed by atoms with E-state index in [2.05, 4.69) is 0 Å². The summed E-state index contributed by atoms with van der Waals surface area (Å²) < 4.78 is 16.9. The summed E-state index contributed by atoms with van der Waals surface area (Å²) in [5.41, 5.74) is -3.19. The molecule has 6 nitrogen and oxygen atoms in total. The molecular formula is C20H30O6. The fourth-order valence-electron chi connectivity index (χ4n) is 3.74. The second-order valence-corrected chi connectivity index (χ2v) is 8.15. The molecule has 0 aromatic carbocycles. The van der Waals surface area contributed by atoms with Crippen LogP contribution in [0, 0.1) is 5.92 Å². The number of fused-ring (bicyclic) bond motifs is 2. The first-order valence-corrected chi connectivity index (χ1v) is 9.36. The van der Waals surface area contributed by atoms with Gasteiger partial charge >= 0.3 is 11.9 Å². The summed E-state index contributed by atoms with van der Waals surface area (Å²) in [6.45, 7) is 10.9. The number of allylic oxidation sites excluding steroid dienone is 1. The minimum absolute atomic E-state index is 0.162. The number of carbonyl (C=O) groups excluding carboxylic acids is 3. The third-order valence-electron chi connectivity index (χ3n) is 4.82. The normalized spacial score (nSPS) is 32.6. The van der Waals surface area contributed by atoms with E-state index in [1.165, 1.54) is 0 Å². The fourth-order valence-corrected chi connectivity index (χ4v) is 3.74. The molecule has 3 atom stereocenters. The zero-order chi connectivity index (χ0) is 19.8. The Bertz CT molecular complexity index is 629. The maximum atomic E-state index is 13.1. The quantitative estimate of drug-likeness (QED) is 0.423. The third-order valence-corrected chi connectivity index (χ3v) is 4.82. The molecule has 2 heterocycles. The van der Waals surface area contributed by atoms with Crippen molar-refractivity contribution in [2.75, 3.05) is 6.61 Å².